The highest BCUT2D eigenvalue weighted by molar-refractivity contribution is 5.76. The van der Waals surface area contributed by atoms with Crippen molar-refractivity contribution in [3.05, 3.63) is 23.8 Å². The number of rotatable bonds is 3. The summed E-state index contributed by atoms with van der Waals surface area (Å²) in [6.45, 7) is 7.19. The van der Waals surface area contributed by atoms with Gasteiger partial charge in [-0.1, -0.05) is 10.2 Å². The number of aromatic nitrogens is 3. The van der Waals surface area contributed by atoms with Gasteiger partial charge in [0.25, 0.3) is 0 Å². The lowest BCUT2D eigenvalue weighted by molar-refractivity contribution is -0.137. The molecule has 0 atom stereocenters. The molecule has 1 amide bonds. The van der Waals surface area contributed by atoms with Gasteiger partial charge in [-0.3, -0.25) is 5.32 Å². The average molecular weight is 454 g/mol. The number of nitrogens with one attached hydrogen (secondary N) is 1. The Kier molecular flexibility index (Phi) is 5.34. The molecule has 3 heterocycles. The van der Waals surface area contributed by atoms with Crippen LogP contribution in [0.3, 0.4) is 0 Å². The number of carbonyl (C=O) groups is 1. The maximum Gasteiger partial charge on any atom is 0.416 e. The number of oxazole rings is 1. The third-order valence-electron chi connectivity index (χ3n) is 4.54. The first-order valence-corrected chi connectivity index (χ1v) is 9.79. The van der Waals surface area contributed by atoms with Crippen molar-refractivity contribution in [2.75, 3.05) is 36.4 Å². The number of hydrogen-bond donors (Lipinski definition) is 1. The highest BCUT2D eigenvalue weighted by atomic mass is 19.4. The molecule has 32 heavy (non-hydrogen) atoms. The van der Waals surface area contributed by atoms with Gasteiger partial charge in [-0.15, -0.1) is 0 Å². The van der Waals surface area contributed by atoms with E-state index < -0.39 is 17.3 Å². The highest BCUT2D eigenvalue weighted by Crippen LogP contribution is 2.32. The van der Waals surface area contributed by atoms with Gasteiger partial charge in [-0.25, -0.2) is 4.79 Å². The summed E-state index contributed by atoms with van der Waals surface area (Å²) in [5.74, 6) is 0. The van der Waals surface area contributed by atoms with Crippen molar-refractivity contribution in [2.45, 2.75) is 32.5 Å². The van der Waals surface area contributed by atoms with Crippen LogP contribution in [-0.4, -0.2) is 58.0 Å². The molecule has 1 aliphatic heterocycles. The molecule has 2 aromatic heterocycles. The SMILES string of the molecule is CC(C)(C)OC(=O)N1CCN(c2nnc(Nc3nc4cc(C(F)(F)F)ccc4o3)o2)CC1. The Bertz CT molecular complexity index is 1110. The van der Waals surface area contributed by atoms with Crippen LogP contribution in [0, 0.1) is 0 Å². The highest BCUT2D eigenvalue weighted by Gasteiger charge is 2.31. The lowest BCUT2D eigenvalue weighted by Gasteiger charge is -2.34. The maximum atomic E-state index is 12.8. The molecule has 0 aliphatic carbocycles. The van der Waals surface area contributed by atoms with E-state index in [2.05, 4.69) is 20.5 Å². The number of nitrogens with zero attached hydrogens (tertiary/aromatic N) is 5. The summed E-state index contributed by atoms with van der Waals surface area (Å²) in [6, 6.07) is 3.12. The third kappa shape index (κ3) is 4.86. The summed E-state index contributed by atoms with van der Waals surface area (Å²) < 4.78 is 54.9. The minimum absolute atomic E-state index is 0.0304. The van der Waals surface area contributed by atoms with Crippen molar-refractivity contribution < 1.29 is 31.5 Å². The van der Waals surface area contributed by atoms with E-state index in [4.69, 9.17) is 13.6 Å². The Morgan fingerprint density at radius 3 is 2.44 bits per heavy atom. The summed E-state index contributed by atoms with van der Waals surface area (Å²) >= 11 is 0. The van der Waals surface area contributed by atoms with Crippen LogP contribution in [0.25, 0.3) is 11.1 Å². The van der Waals surface area contributed by atoms with Crippen LogP contribution in [0.15, 0.2) is 27.0 Å². The number of ether oxygens (including phenoxy) is 1. The molecule has 0 unspecified atom stereocenters. The minimum Gasteiger partial charge on any atom is -0.444 e. The van der Waals surface area contributed by atoms with Gasteiger partial charge in [-0.05, 0) is 39.0 Å². The van der Waals surface area contributed by atoms with E-state index in [1.54, 1.807) is 30.6 Å². The molecule has 0 saturated carbocycles. The fourth-order valence-electron chi connectivity index (χ4n) is 3.05. The molecule has 0 radical (unpaired) electrons. The standard InChI is InChI=1S/C19H21F3N6O4/c1-18(2,3)32-17(29)28-8-6-27(7-9-28)16-26-25-15(31-16)24-14-23-12-10-11(19(20,21)22)4-5-13(12)30-14/h4-5,10H,6-9H2,1-3H3,(H,23,24,25). The van der Waals surface area contributed by atoms with Gasteiger partial charge >= 0.3 is 30.3 Å². The Morgan fingerprint density at radius 1 is 1.06 bits per heavy atom. The molecule has 1 aliphatic rings. The third-order valence-corrected chi connectivity index (χ3v) is 4.54. The molecule has 13 heteroatoms. The smallest absolute Gasteiger partial charge is 0.416 e. The van der Waals surface area contributed by atoms with E-state index in [-0.39, 0.29) is 35.2 Å². The van der Waals surface area contributed by atoms with Gasteiger partial charge in [0.15, 0.2) is 5.58 Å². The zero-order valence-electron chi connectivity index (χ0n) is 17.6. The van der Waals surface area contributed by atoms with Crippen molar-refractivity contribution in [1.82, 2.24) is 20.1 Å². The summed E-state index contributed by atoms with van der Waals surface area (Å²) in [4.78, 5) is 19.6. The Hall–Kier alpha value is -3.51. The monoisotopic (exact) mass is 454 g/mol. The summed E-state index contributed by atoms with van der Waals surface area (Å²) in [5.41, 5.74) is -1.17. The summed E-state index contributed by atoms with van der Waals surface area (Å²) in [5, 5.41) is 10.5. The molecule has 172 valence electrons. The number of piperazine rings is 1. The predicted molar refractivity (Wildman–Crippen MR) is 107 cm³/mol. The molecule has 0 spiro atoms. The number of alkyl halides is 3. The molecule has 3 aromatic rings. The molecule has 4 rings (SSSR count). The van der Waals surface area contributed by atoms with E-state index in [9.17, 15) is 18.0 Å². The second kappa shape index (κ2) is 7.88. The number of amides is 1. The van der Waals surface area contributed by atoms with Gasteiger partial charge in [0.2, 0.25) is 0 Å². The van der Waals surface area contributed by atoms with Crippen molar-refractivity contribution >= 4 is 35.2 Å². The van der Waals surface area contributed by atoms with Crippen molar-refractivity contribution in [3.63, 3.8) is 0 Å². The fraction of sp³-hybridized carbons (Fsp3) is 0.474. The summed E-state index contributed by atoms with van der Waals surface area (Å²) in [7, 11) is 0. The molecular weight excluding hydrogens is 433 g/mol. The number of halogens is 3. The minimum atomic E-state index is -4.48. The number of anilines is 3. The number of fused-ring (bicyclic) bond motifs is 1. The first-order chi connectivity index (χ1) is 15.0. The predicted octanol–water partition coefficient (Wildman–Crippen LogP) is 4.03. The topological polar surface area (TPSA) is 110 Å². The number of carbonyl (C=O) groups excluding carboxylic acids is 1. The van der Waals surface area contributed by atoms with E-state index in [1.807, 2.05) is 0 Å². The van der Waals surface area contributed by atoms with Crippen LogP contribution >= 0.6 is 0 Å². The maximum absolute atomic E-state index is 12.8. The Morgan fingerprint density at radius 2 is 1.78 bits per heavy atom. The molecule has 1 aromatic carbocycles. The van der Waals surface area contributed by atoms with Crippen molar-refractivity contribution in [3.8, 4) is 0 Å². The Balaban J connectivity index is 1.38. The molecule has 1 fully saturated rings. The van der Waals surface area contributed by atoms with Crippen molar-refractivity contribution in [1.29, 1.82) is 0 Å². The normalized spacial score (nSPS) is 15.3. The first-order valence-electron chi connectivity index (χ1n) is 9.79. The molecule has 1 saturated heterocycles. The van der Waals surface area contributed by atoms with Gasteiger partial charge < -0.3 is 23.4 Å². The average Bonchev–Trinajstić information content (AvgIpc) is 3.32. The van der Waals surface area contributed by atoms with Crippen LogP contribution < -0.4 is 10.2 Å². The van der Waals surface area contributed by atoms with Crippen LogP contribution in [0.4, 0.5) is 36.0 Å². The van der Waals surface area contributed by atoms with E-state index in [0.29, 0.717) is 26.2 Å². The number of benzene rings is 1. The molecule has 1 N–H and O–H groups in total. The van der Waals surface area contributed by atoms with E-state index in [0.717, 1.165) is 12.1 Å². The largest absolute Gasteiger partial charge is 0.444 e. The fourth-order valence-corrected chi connectivity index (χ4v) is 3.05. The van der Waals surface area contributed by atoms with Crippen LogP contribution in [-0.2, 0) is 10.9 Å². The Labute approximate surface area is 180 Å². The summed E-state index contributed by atoms with van der Waals surface area (Å²) in [6.07, 6.45) is -4.86. The van der Waals surface area contributed by atoms with Crippen LogP contribution in [0.2, 0.25) is 0 Å². The molecule has 10 nitrogen and oxygen atoms in total. The van der Waals surface area contributed by atoms with Crippen LogP contribution in [0.1, 0.15) is 26.3 Å². The van der Waals surface area contributed by atoms with E-state index in [1.165, 1.54) is 6.07 Å². The quantitative estimate of drug-likeness (QED) is 0.627. The van der Waals surface area contributed by atoms with Gasteiger partial charge in [0, 0.05) is 26.2 Å². The van der Waals surface area contributed by atoms with Gasteiger partial charge in [-0.2, -0.15) is 18.2 Å². The van der Waals surface area contributed by atoms with E-state index >= 15 is 0 Å². The number of hydrogen-bond acceptors (Lipinski definition) is 9. The first kappa shape index (κ1) is 21.7. The van der Waals surface area contributed by atoms with Crippen molar-refractivity contribution in [2.24, 2.45) is 0 Å². The van der Waals surface area contributed by atoms with Gasteiger partial charge in [0.05, 0.1) is 5.56 Å². The second-order valence-corrected chi connectivity index (χ2v) is 8.17. The molecule has 0 bridgehead atoms. The lowest BCUT2D eigenvalue weighted by atomic mass is 10.2. The lowest BCUT2D eigenvalue weighted by Crippen LogP contribution is -2.50. The zero-order chi connectivity index (χ0) is 23.1. The van der Waals surface area contributed by atoms with Gasteiger partial charge in [0.1, 0.15) is 11.1 Å². The zero-order valence-corrected chi connectivity index (χ0v) is 17.6. The van der Waals surface area contributed by atoms with Crippen LogP contribution in [0.5, 0.6) is 0 Å². The second-order valence-electron chi connectivity index (χ2n) is 8.17. The molecular formula is C19H21F3N6O4.